The lowest BCUT2D eigenvalue weighted by Crippen LogP contribution is -2.26. The third kappa shape index (κ3) is 2.67. The van der Waals surface area contributed by atoms with Crippen molar-refractivity contribution in [2.24, 2.45) is 0 Å². The van der Waals surface area contributed by atoms with Gasteiger partial charge in [-0.05, 0) is 24.3 Å². The van der Waals surface area contributed by atoms with Gasteiger partial charge in [0.05, 0.1) is 12.8 Å². The first kappa shape index (κ1) is 13.8. The van der Waals surface area contributed by atoms with Crippen LogP contribution in [0.25, 0.3) is 11.3 Å². The molecular formula is C15H16FN3O2. The van der Waals surface area contributed by atoms with E-state index in [2.05, 4.69) is 10.4 Å². The number of benzene rings is 1. The maximum Gasteiger partial charge on any atom is 0.327 e. The Morgan fingerprint density at radius 1 is 1.43 bits per heavy atom. The summed E-state index contributed by atoms with van der Waals surface area (Å²) in [5, 5.41) is 7.83. The summed E-state index contributed by atoms with van der Waals surface area (Å²) in [6.07, 6.45) is 0.806. The van der Waals surface area contributed by atoms with Gasteiger partial charge in [-0.2, -0.15) is 5.10 Å². The number of methoxy groups -OCH3 is 1. The number of rotatable bonds is 3. The first-order valence-electron chi connectivity index (χ1n) is 6.81. The Morgan fingerprint density at radius 2 is 2.19 bits per heavy atom. The third-order valence-electron chi connectivity index (χ3n) is 3.63. The largest absolute Gasteiger partial charge is 0.468 e. The number of hydrogen-bond donors (Lipinski definition) is 1. The highest BCUT2D eigenvalue weighted by Crippen LogP contribution is 2.27. The van der Waals surface area contributed by atoms with Gasteiger partial charge in [-0.3, -0.25) is 9.48 Å². The molecule has 110 valence electrons. The number of aromatic nitrogens is 2. The molecule has 1 N–H and O–H groups in total. The van der Waals surface area contributed by atoms with Gasteiger partial charge in [-0.1, -0.05) is 0 Å². The Kier molecular flexibility index (Phi) is 3.70. The summed E-state index contributed by atoms with van der Waals surface area (Å²) >= 11 is 0. The van der Waals surface area contributed by atoms with E-state index in [1.807, 2.05) is 0 Å². The maximum atomic E-state index is 13.1. The second-order valence-electron chi connectivity index (χ2n) is 4.94. The number of nitrogens with zero attached hydrogens (tertiary/aromatic N) is 2. The highest BCUT2D eigenvalue weighted by molar-refractivity contribution is 5.70. The highest BCUT2D eigenvalue weighted by atomic mass is 19.1. The molecule has 2 aromatic rings. The van der Waals surface area contributed by atoms with Crippen LogP contribution in [0.5, 0.6) is 0 Å². The monoisotopic (exact) mass is 289 g/mol. The summed E-state index contributed by atoms with van der Waals surface area (Å²) in [4.78, 5) is 11.5. The number of carbonyl (C=O) groups excluding carboxylic acids is 1. The molecule has 0 saturated carbocycles. The number of esters is 1. The van der Waals surface area contributed by atoms with Crippen molar-refractivity contribution in [3.05, 3.63) is 41.3 Å². The topological polar surface area (TPSA) is 56.2 Å². The second kappa shape index (κ2) is 5.65. The van der Waals surface area contributed by atoms with Crippen LogP contribution in [0, 0.1) is 5.82 Å². The van der Waals surface area contributed by atoms with E-state index in [1.54, 1.807) is 16.8 Å². The lowest BCUT2D eigenvalue weighted by molar-refractivity contribution is -0.141. The molecule has 0 fully saturated rings. The molecule has 0 bridgehead atoms. The standard InChI is InChI=1S/C15H16FN3O2/c1-21-14(20)9-19-13-6-7-17-8-12(13)15(18-19)10-2-4-11(16)5-3-10/h2-5,17H,6-9H2,1H3. The first-order chi connectivity index (χ1) is 10.2. The summed E-state index contributed by atoms with van der Waals surface area (Å²) in [7, 11) is 1.36. The fourth-order valence-corrected chi connectivity index (χ4v) is 2.58. The van der Waals surface area contributed by atoms with Crippen molar-refractivity contribution in [2.75, 3.05) is 13.7 Å². The van der Waals surface area contributed by atoms with Gasteiger partial charge in [0.1, 0.15) is 12.4 Å². The quantitative estimate of drug-likeness (QED) is 0.870. The molecule has 6 heteroatoms. The molecule has 0 saturated heterocycles. The minimum Gasteiger partial charge on any atom is -0.468 e. The van der Waals surface area contributed by atoms with Crippen LogP contribution < -0.4 is 5.32 Å². The normalized spacial score (nSPS) is 13.8. The molecule has 1 aliphatic rings. The van der Waals surface area contributed by atoms with Crippen molar-refractivity contribution in [2.45, 2.75) is 19.5 Å². The van der Waals surface area contributed by atoms with Gasteiger partial charge in [0.15, 0.2) is 0 Å². The predicted octanol–water partition coefficient (Wildman–Crippen LogP) is 1.51. The van der Waals surface area contributed by atoms with E-state index in [0.717, 1.165) is 35.5 Å². The van der Waals surface area contributed by atoms with Crippen molar-refractivity contribution in [1.29, 1.82) is 0 Å². The Labute approximate surface area is 121 Å². The number of fused-ring (bicyclic) bond motifs is 1. The number of halogens is 1. The molecule has 0 spiro atoms. The Hall–Kier alpha value is -2.21. The fraction of sp³-hybridized carbons (Fsp3) is 0.333. The smallest absolute Gasteiger partial charge is 0.327 e. The molecule has 3 rings (SSSR count). The number of carbonyl (C=O) groups is 1. The van der Waals surface area contributed by atoms with Crippen LogP contribution in [0.3, 0.4) is 0 Å². The van der Waals surface area contributed by atoms with Crippen LogP contribution in [0.4, 0.5) is 4.39 Å². The zero-order valence-electron chi connectivity index (χ0n) is 11.7. The van der Waals surface area contributed by atoms with Gasteiger partial charge < -0.3 is 10.1 Å². The van der Waals surface area contributed by atoms with Crippen LogP contribution in [0.2, 0.25) is 0 Å². The molecule has 2 heterocycles. The van der Waals surface area contributed by atoms with E-state index in [9.17, 15) is 9.18 Å². The average molecular weight is 289 g/mol. The van der Waals surface area contributed by atoms with Crippen LogP contribution in [0.15, 0.2) is 24.3 Å². The van der Waals surface area contributed by atoms with E-state index in [-0.39, 0.29) is 18.3 Å². The predicted molar refractivity (Wildman–Crippen MR) is 75.0 cm³/mol. The first-order valence-corrected chi connectivity index (χ1v) is 6.81. The Bertz CT molecular complexity index is 664. The molecule has 0 atom stereocenters. The van der Waals surface area contributed by atoms with Crippen molar-refractivity contribution in [1.82, 2.24) is 15.1 Å². The third-order valence-corrected chi connectivity index (χ3v) is 3.63. The van der Waals surface area contributed by atoms with Gasteiger partial charge in [0, 0.05) is 36.3 Å². The van der Waals surface area contributed by atoms with E-state index in [0.29, 0.717) is 6.54 Å². The molecular weight excluding hydrogens is 273 g/mol. The second-order valence-corrected chi connectivity index (χ2v) is 4.94. The zero-order valence-corrected chi connectivity index (χ0v) is 11.7. The molecule has 21 heavy (non-hydrogen) atoms. The van der Waals surface area contributed by atoms with Gasteiger partial charge in [0.25, 0.3) is 0 Å². The summed E-state index contributed by atoms with van der Waals surface area (Å²) in [6.45, 7) is 1.64. The van der Waals surface area contributed by atoms with Gasteiger partial charge in [0.2, 0.25) is 0 Å². The molecule has 0 aliphatic carbocycles. The van der Waals surface area contributed by atoms with Crippen molar-refractivity contribution >= 4 is 5.97 Å². The summed E-state index contributed by atoms with van der Waals surface area (Å²) in [5.41, 5.74) is 3.75. The van der Waals surface area contributed by atoms with E-state index in [4.69, 9.17) is 4.74 Å². The molecule has 1 aromatic heterocycles. The van der Waals surface area contributed by atoms with E-state index >= 15 is 0 Å². The number of ether oxygens (including phenoxy) is 1. The SMILES string of the molecule is COC(=O)Cn1nc(-c2ccc(F)cc2)c2c1CCNC2. The number of hydrogen-bond acceptors (Lipinski definition) is 4. The molecule has 5 nitrogen and oxygen atoms in total. The van der Waals surface area contributed by atoms with Gasteiger partial charge in [-0.25, -0.2) is 4.39 Å². The minimum atomic E-state index is -0.329. The average Bonchev–Trinajstić information content (AvgIpc) is 2.87. The highest BCUT2D eigenvalue weighted by Gasteiger charge is 2.22. The molecule has 0 amide bonds. The minimum absolute atomic E-state index is 0.0973. The zero-order chi connectivity index (χ0) is 14.8. The van der Waals surface area contributed by atoms with Crippen LogP contribution in [-0.4, -0.2) is 29.4 Å². The van der Waals surface area contributed by atoms with Crippen LogP contribution in [-0.2, 0) is 29.0 Å². The molecule has 1 aromatic carbocycles. The summed E-state index contributed by atoms with van der Waals surface area (Å²) in [5.74, 6) is -0.607. The van der Waals surface area contributed by atoms with Gasteiger partial charge >= 0.3 is 5.97 Å². The summed E-state index contributed by atoms with van der Waals surface area (Å²) in [6, 6.07) is 6.23. The Balaban J connectivity index is 2.04. The lowest BCUT2D eigenvalue weighted by atomic mass is 10.0. The molecule has 0 radical (unpaired) electrons. The van der Waals surface area contributed by atoms with Crippen molar-refractivity contribution < 1.29 is 13.9 Å². The fourth-order valence-electron chi connectivity index (χ4n) is 2.58. The van der Waals surface area contributed by atoms with Crippen molar-refractivity contribution in [3.63, 3.8) is 0 Å². The summed E-state index contributed by atoms with van der Waals surface area (Å²) < 4.78 is 19.5. The molecule has 0 unspecified atom stereocenters. The molecule has 1 aliphatic heterocycles. The number of nitrogens with one attached hydrogen (secondary N) is 1. The lowest BCUT2D eigenvalue weighted by Gasteiger charge is -2.15. The maximum absolute atomic E-state index is 13.1. The van der Waals surface area contributed by atoms with E-state index in [1.165, 1.54) is 19.2 Å². The Morgan fingerprint density at radius 3 is 2.90 bits per heavy atom. The van der Waals surface area contributed by atoms with Gasteiger partial charge in [-0.15, -0.1) is 0 Å². The van der Waals surface area contributed by atoms with Crippen LogP contribution in [0.1, 0.15) is 11.3 Å². The van der Waals surface area contributed by atoms with Crippen LogP contribution >= 0.6 is 0 Å². The van der Waals surface area contributed by atoms with E-state index < -0.39 is 0 Å². The van der Waals surface area contributed by atoms with Crippen molar-refractivity contribution in [3.8, 4) is 11.3 Å².